The number of Topliss-reactive ketones (excluding diaryl/α,β-unsaturated/α-hetero) is 1. The maximum atomic E-state index is 13.1. The molecule has 1 fully saturated rings. The van der Waals surface area contributed by atoms with E-state index in [0.717, 1.165) is 21.4 Å². The number of aromatic nitrogens is 1. The molecule has 1 unspecified atom stereocenters. The Bertz CT molecular complexity index is 1200. The maximum absolute atomic E-state index is 13.1. The Labute approximate surface area is 171 Å². The van der Waals surface area contributed by atoms with E-state index in [1.54, 1.807) is 25.3 Å². The number of ketones is 1. The molecule has 0 spiro atoms. The summed E-state index contributed by atoms with van der Waals surface area (Å²) in [5.74, 6) is 0.525. The topological polar surface area (TPSA) is 101 Å². The summed E-state index contributed by atoms with van der Waals surface area (Å²) in [7, 11) is 0. The van der Waals surface area contributed by atoms with Crippen LogP contribution in [-0.2, 0) is 11.2 Å². The van der Waals surface area contributed by atoms with Crippen LogP contribution in [0.3, 0.4) is 0 Å². The number of benzene rings is 2. The van der Waals surface area contributed by atoms with E-state index in [1.807, 2.05) is 30.3 Å². The summed E-state index contributed by atoms with van der Waals surface area (Å²) in [6.45, 7) is 1.51. The van der Waals surface area contributed by atoms with Gasteiger partial charge in [0.05, 0.1) is 6.54 Å². The molecule has 8 nitrogen and oxygen atoms in total. The average molecular weight is 405 g/mol. The van der Waals surface area contributed by atoms with Crippen LogP contribution in [0, 0.1) is 0 Å². The van der Waals surface area contributed by atoms with E-state index in [0.29, 0.717) is 17.1 Å². The Kier molecular flexibility index (Phi) is 4.02. The number of para-hydroxylation sites is 1. The first-order valence-electron chi connectivity index (χ1n) is 9.56. The molecule has 0 aliphatic carbocycles. The number of imide groups is 1. The summed E-state index contributed by atoms with van der Waals surface area (Å²) in [6, 6.07) is 12.2. The van der Waals surface area contributed by atoms with Gasteiger partial charge in [0.15, 0.2) is 17.3 Å². The van der Waals surface area contributed by atoms with Gasteiger partial charge in [0.2, 0.25) is 6.79 Å². The number of nitrogens with one attached hydrogen (secondary N) is 2. The number of aromatic amines is 1. The summed E-state index contributed by atoms with van der Waals surface area (Å²) in [6.07, 6.45) is 1.88. The first-order chi connectivity index (χ1) is 14.4. The number of urea groups is 1. The number of carbonyl (C=O) groups excluding carboxylic acids is 3. The monoisotopic (exact) mass is 405 g/mol. The van der Waals surface area contributed by atoms with Crippen molar-refractivity contribution in [1.82, 2.24) is 15.2 Å². The van der Waals surface area contributed by atoms with E-state index in [1.165, 1.54) is 0 Å². The van der Waals surface area contributed by atoms with E-state index in [-0.39, 0.29) is 25.5 Å². The lowest BCUT2D eigenvalue weighted by Gasteiger charge is -2.21. The van der Waals surface area contributed by atoms with E-state index in [9.17, 15) is 14.4 Å². The second-order valence-corrected chi connectivity index (χ2v) is 7.69. The first kappa shape index (κ1) is 18.2. The zero-order chi connectivity index (χ0) is 20.9. The van der Waals surface area contributed by atoms with E-state index in [4.69, 9.17) is 9.47 Å². The van der Waals surface area contributed by atoms with E-state index < -0.39 is 17.5 Å². The van der Waals surface area contributed by atoms with Gasteiger partial charge in [-0.1, -0.05) is 24.3 Å². The number of rotatable bonds is 5. The van der Waals surface area contributed by atoms with Crippen LogP contribution >= 0.6 is 0 Å². The van der Waals surface area contributed by atoms with Crippen LogP contribution in [0.2, 0.25) is 0 Å². The molecule has 0 bridgehead atoms. The number of H-pyrrole nitrogens is 1. The highest BCUT2D eigenvalue weighted by Crippen LogP contribution is 2.34. The quantitative estimate of drug-likeness (QED) is 0.502. The van der Waals surface area contributed by atoms with Gasteiger partial charge < -0.3 is 19.8 Å². The van der Waals surface area contributed by atoms with Crippen molar-refractivity contribution in [3.63, 3.8) is 0 Å². The van der Waals surface area contributed by atoms with Crippen LogP contribution in [0.15, 0.2) is 48.7 Å². The number of hydrogen-bond acceptors (Lipinski definition) is 5. The van der Waals surface area contributed by atoms with Crippen molar-refractivity contribution >= 4 is 28.6 Å². The molecule has 1 saturated heterocycles. The Hall–Kier alpha value is -3.81. The van der Waals surface area contributed by atoms with Crippen LogP contribution in [0.4, 0.5) is 4.79 Å². The molecule has 2 N–H and O–H groups in total. The molecule has 8 heteroatoms. The average Bonchev–Trinajstić information content (AvgIpc) is 3.41. The van der Waals surface area contributed by atoms with Gasteiger partial charge in [0, 0.05) is 29.1 Å². The van der Waals surface area contributed by atoms with Crippen molar-refractivity contribution in [2.75, 3.05) is 13.3 Å². The minimum atomic E-state index is -1.15. The van der Waals surface area contributed by atoms with Gasteiger partial charge in [0.1, 0.15) is 5.54 Å². The van der Waals surface area contributed by atoms with Gasteiger partial charge in [-0.25, -0.2) is 4.79 Å². The highest BCUT2D eigenvalue weighted by Gasteiger charge is 2.48. The summed E-state index contributed by atoms with van der Waals surface area (Å²) < 4.78 is 10.7. The molecule has 0 radical (unpaired) electrons. The molecule has 0 saturated carbocycles. The van der Waals surface area contributed by atoms with Crippen LogP contribution in [0.1, 0.15) is 22.8 Å². The standard InChI is InChI=1S/C22H19N3O5/c1-22(9-13-6-7-18-19(8-13)30-12-29-18)20(27)25(21(28)24-22)11-17(26)15-10-23-16-5-3-2-4-14(15)16/h2-8,10,23H,9,11-12H2,1H3,(H,24,28). The Balaban J connectivity index is 1.35. The number of amides is 3. The fourth-order valence-corrected chi connectivity index (χ4v) is 4.00. The largest absolute Gasteiger partial charge is 0.454 e. The van der Waals surface area contributed by atoms with Gasteiger partial charge in [-0.3, -0.25) is 14.5 Å². The second-order valence-electron chi connectivity index (χ2n) is 7.69. The van der Waals surface area contributed by atoms with Crippen molar-refractivity contribution in [3.05, 3.63) is 59.8 Å². The van der Waals surface area contributed by atoms with Crippen molar-refractivity contribution in [3.8, 4) is 11.5 Å². The Morgan fingerprint density at radius 1 is 1.13 bits per heavy atom. The summed E-state index contributed by atoms with van der Waals surface area (Å²) in [5, 5.41) is 3.50. The minimum Gasteiger partial charge on any atom is -0.454 e. The molecule has 5 rings (SSSR count). The summed E-state index contributed by atoms with van der Waals surface area (Å²) in [4.78, 5) is 42.5. The molecule has 3 aromatic rings. The fraction of sp³-hybridized carbons (Fsp3) is 0.227. The molecule has 3 heterocycles. The fourth-order valence-electron chi connectivity index (χ4n) is 4.00. The molecule has 1 atom stereocenters. The van der Waals surface area contributed by atoms with Crippen LogP contribution in [0.25, 0.3) is 10.9 Å². The zero-order valence-electron chi connectivity index (χ0n) is 16.2. The first-order valence-corrected chi connectivity index (χ1v) is 9.56. The zero-order valence-corrected chi connectivity index (χ0v) is 16.2. The molecule has 1 aromatic heterocycles. The highest BCUT2D eigenvalue weighted by molar-refractivity contribution is 6.14. The molecule has 152 valence electrons. The SMILES string of the molecule is CC1(Cc2ccc3c(c2)OCO3)NC(=O)N(CC(=O)c2c[nH]c3ccccc23)C1=O. The third-order valence-corrected chi connectivity index (χ3v) is 5.53. The van der Waals surface area contributed by atoms with Crippen molar-refractivity contribution in [2.45, 2.75) is 18.9 Å². The predicted molar refractivity (Wildman–Crippen MR) is 108 cm³/mol. The maximum Gasteiger partial charge on any atom is 0.325 e. The number of hydrogen-bond donors (Lipinski definition) is 2. The molecule has 30 heavy (non-hydrogen) atoms. The van der Waals surface area contributed by atoms with Gasteiger partial charge in [-0.15, -0.1) is 0 Å². The molecular formula is C22H19N3O5. The molecule has 2 aromatic carbocycles. The summed E-state index contributed by atoms with van der Waals surface area (Å²) in [5.41, 5.74) is 0.951. The molecule has 2 aliphatic heterocycles. The van der Waals surface area contributed by atoms with Crippen molar-refractivity contribution in [1.29, 1.82) is 0 Å². The molecule has 2 aliphatic rings. The van der Waals surface area contributed by atoms with Crippen molar-refractivity contribution in [2.24, 2.45) is 0 Å². The predicted octanol–water partition coefficient (Wildman–Crippen LogP) is 2.63. The van der Waals surface area contributed by atoms with Gasteiger partial charge >= 0.3 is 6.03 Å². The second kappa shape index (κ2) is 6.62. The highest BCUT2D eigenvalue weighted by atomic mass is 16.7. The van der Waals surface area contributed by atoms with Gasteiger partial charge in [-0.05, 0) is 30.7 Å². The van der Waals surface area contributed by atoms with Crippen LogP contribution in [-0.4, -0.2) is 46.5 Å². The minimum absolute atomic E-state index is 0.162. The van der Waals surface area contributed by atoms with Gasteiger partial charge in [-0.2, -0.15) is 0 Å². The van der Waals surface area contributed by atoms with Crippen LogP contribution < -0.4 is 14.8 Å². The number of fused-ring (bicyclic) bond motifs is 2. The Morgan fingerprint density at radius 3 is 2.80 bits per heavy atom. The van der Waals surface area contributed by atoms with E-state index >= 15 is 0 Å². The third kappa shape index (κ3) is 2.88. The normalized spacial score (nSPS) is 20.1. The lowest BCUT2D eigenvalue weighted by atomic mass is 9.92. The van der Waals surface area contributed by atoms with E-state index in [2.05, 4.69) is 10.3 Å². The summed E-state index contributed by atoms with van der Waals surface area (Å²) >= 11 is 0. The Morgan fingerprint density at radius 2 is 1.93 bits per heavy atom. The van der Waals surface area contributed by atoms with Crippen molar-refractivity contribution < 1.29 is 23.9 Å². The smallest absolute Gasteiger partial charge is 0.325 e. The van der Waals surface area contributed by atoms with Gasteiger partial charge in [0.25, 0.3) is 5.91 Å². The lowest BCUT2D eigenvalue weighted by molar-refractivity contribution is -0.130. The molecular weight excluding hydrogens is 386 g/mol. The number of nitrogens with zero attached hydrogens (tertiary/aromatic N) is 1. The number of carbonyl (C=O) groups is 3. The lowest BCUT2D eigenvalue weighted by Crippen LogP contribution is -2.46. The third-order valence-electron chi connectivity index (χ3n) is 5.53. The van der Waals surface area contributed by atoms with Crippen LogP contribution in [0.5, 0.6) is 11.5 Å². The number of ether oxygens (including phenoxy) is 2. The molecule has 3 amide bonds.